The van der Waals surface area contributed by atoms with E-state index in [2.05, 4.69) is 31.9 Å². The maximum Gasteiger partial charge on any atom is 0.133 e. The highest BCUT2D eigenvalue weighted by Gasteiger charge is 2.10. The smallest absolute Gasteiger partial charge is 0.133 e. The van der Waals surface area contributed by atoms with Crippen LogP contribution in [0.25, 0.3) is 11.1 Å². The predicted molar refractivity (Wildman–Crippen MR) is 78.8 cm³/mol. The first kappa shape index (κ1) is 12.9. The van der Waals surface area contributed by atoms with Gasteiger partial charge in [0.05, 0.1) is 11.6 Å². The van der Waals surface area contributed by atoms with Gasteiger partial charge >= 0.3 is 0 Å². The van der Waals surface area contributed by atoms with Crippen molar-refractivity contribution in [1.29, 1.82) is 0 Å². The van der Waals surface area contributed by atoms with Gasteiger partial charge in [-0.1, -0.05) is 45.7 Å². The Balaban J connectivity index is 2.60. The molecule has 0 radical (unpaired) electrons. The summed E-state index contributed by atoms with van der Waals surface area (Å²) in [6, 6.07) is 11.6. The molecule has 0 spiro atoms. The van der Waals surface area contributed by atoms with Crippen LogP contribution in [0.5, 0.6) is 5.75 Å². The van der Waals surface area contributed by atoms with Crippen LogP contribution in [0.15, 0.2) is 45.3 Å². The monoisotopic (exact) mass is 374 g/mol. The van der Waals surface area contributed by atoms with E-state index in [-0.39, 0.29) is 0 Å². The van der Waals surface area contributed by atoms with E-state index in [4.69, 9.17) is 16.3 Å². The summed E-state index contributed by atoms with van der Waals surface area (Å²) in [4.78, 5) is 0. The average Bonchev–Trinajstić information content (AvgIpc) is 2.30. The third-order valence-corrected chi connectivity index (χ3v) is 4.11. The Morgan fingerprint density at radius 1 is 1.06 bits per heavy atom. The Kier molecular flexibility index (Phi) is 4.13. The number of halogens is 3. The normalized spacial score (nSPS) is 10.4. The Hall–Kier alpha value is -0.510. The van der Waals surface area contributed by atoms with Crippen LogP contribution in [0, 0.1) is 0 Å². The Bertz CT molecular complexity index is 555. The van der Waals surface area contributed by atoms with Gasteiger partial charge in [0.2, 0.25) is 0 Å². The van der Waals surface area contributed by atoms with Crippen molar-refractivity contribution in [3.8, 4) is 16.9 Å². The summed E-state index contributed by atoms with van der Waals surface area (Å²) in [5, 5.41) is 0.708. The molecule has 0 heterocycles. The Morgan fingerprint density at radius 2 is 1.82 bits per heavy atom. The molecule has 0 aromatic heterocycles. The van der Waals surface area contributed by atoms with Crippen LogP contribution < -0.4 is 4.74 Å². The fourth-order valence-electron chi connectivity index (χ4n) is 1.58. The third-order valence-electron chi connectivity index (χ3n) is 2.40. The molecular formula is C13H9Br2ClO. The van der Waals surface area contributed by atoms with Crippen LogP contribution >= 0.6 is 43.5 Å². The van der Waals surface area contributed by atoms with E-state index in [1.807, 2.05) is 36.4 Å². The summed E-state index contributed by atoms with van der Waals surface area (Å²) in [5.74, 6) is 0.810. The molecule has 0 saturated carbocycles. The quantitative estimate of drug-likeness (QED) is 0.669. The van der Waals surface area contributed by atoms with Gasteiger partial charge in [-0.3, -0.25) is 0 Å². The fourth-order valence-corrected chi connectivity index (χ4v) is 3.12. The zero-order valence-corrected chi connectivity index (χ0v) is 12.9. The number of ether oxygens (including phenoxy) is 1. The highest BCUT2D eigenvalue weighted by Crippen LogP contribution is 2.39. The molecule has 0 bridgehead atoms. The highest BCUT2D eigenvalue weighted by molar-refractivity contribution is 9.11. The SMILES string of the molecule is COc1cccc(-c2ccc(Cl)cc2Br)c1Br. The van der Waals surface area contributed by atoms with Crippen LogP contribution in [-0.4, -0.2) is 7.11 Å². The maximum atomic E-state index is 5.94. The van der Waals surface area contributed by atoms with Gasteiger partial charge in [-0.25, -0.2) is 0 Å². The zero-order valence-electron chi connectivity index (χ0n) is 9.01. The lowest BCUT2D eigenvalue weighted by molar-refractivity contribution is 0.412. The molecule has 0 aliphatic heterocycles. The lowest BCUT2D eigenvalue weighted by Gasteiger charge is -2.10. The molecule has 0 amide bonds. The van der Waals surface area contributed by atoms with Crippen LogP contribution in [-0.2, 0) is 0 Å². The Morgan fingerprint density at radius 3 is 2.47 bits per heavy atom. The van der Waals surface area contributed by atoms with Crippen molar-refractivity contribution < 1.29 is 4.74 Å². The van der Waals surface area contributed by atoms with Crippen molar-refractivity contribution in [1.82, 2.24) is 0 Å². The molecule has 4 heteroatoms. The second-order valence-corrected chi connectivity index (χ2v) is 5.53. The van der Waals surface area contributed by atoms with Crippen molar-refractivity contribution in [2.75, 3.05) is 7.11 Å². The molecule has 0 saturated heterocycles. The van der Waals surface area contributed by atoms with Crippen molar-refractivity contribution in [3.05, 3.63) is 50.4 Å². The Labute approximate surface area is 122 Å². The number of rotatable bonds is 2. The summed E-state index contributed by atoms with van der Waals surface area (Å²) in [6.45, 7) is 0. The van der Waals surface area contributed by atoms with E-state index >= 15 is 0 Å². The fraction of sp³-hybridized carbons (Fsp3) is 0.0769. The summed E-state index contributed by atoms with van der Waals surface area (Å²) in [6.07, 6.45) is 0. The standard InChI is InChI=1S/C13H9Br2ClO/c1-17-12-4-2-3-10(13(12)15)9-6-5-8(16)7-11(9)14/h2-7H,1H3. The molecule has 2 aromatic rings. The van der Waals surface area contributed by atoms with Crippen molar-refractivity contribution in [3.63, 3.8) is 0 Å². The van der Waals surface area contributed by atoms with E-state index < -0.39 is 0 Å². The van der Waals surface area contributed by atoms with Crippen molar-refractivity contribution in [2.24, 2.45) is 0 Å². The van der Waals surface area contributed by atoms with E-state index in [1.165, 1.54) is 0 Å². The summed E-state index contributed by atoms with van der Waals surface area (Å²) < 4.78 is 7.18. The third kappa shape index (κ3) is 2.67. The zero-order chi connectivity index (χ0) is 12.4. The van der Waals surface area contributed by atoms with Gasteiger partial charge < -0.3 is 4.74 Å². The number of benzene rings is 2. The minimum absolute atomic E-state index is 0.708. The lowest BCUT2D eigenvalue weighted by Crippen LogP contribution is -1.88. The van der Waals surface area contributed by atoms with Crippen LogP contribution in [0.1, 0.15) is 0 Å². The minimum Gasteiger partial charge on any atom is -0.496 e. The minimum atomic E-state index is 0.708. The van der Waals surface area contributed by atoms with E-state index in [9.17, 15) is 0 Å². The highest BCUT2D eigenvalue weighted by atomic mass is 79.9. The number of hydrogen-bond acceptors (Lipinski definition) is 1. The van der Waals surface area contributed by atoms with Gasteiger partial charge in [0.15, 0.2) is 0 Å². The molecule has 0 N–H and O–H groups in total. The molecular weight excluding hydrogens is 367 g/mol. The summed E-state index contributed by atoms with van der Waals surface area (Å²) in [5.41, 5.74) is 2.13. The van der Waals surface area contributed by atoms with Gasteiger partial charge in [0.1, 0.15) is 5.75 Å². The van der Waals surface area contributed by atoms with Gasteiger partial charge in [-0.15, -0.1) is 0 Å². The van der Waals surface area contributed by atoms with Crippen LogP contribution in [0.3, 0.4) is 0 Å². The first-order valence-electron chi connectivity index (χ1n) is 4.91. The number of hydrogen-bond donors (Lipinski definition) is 0. The molecule has 0 atom stereocenters. The van der Waals surface area contributed by atoms with Crippen LogP contribution in [0.2, 0.25) is 5.02 Å². The molecule has 1 nitrogen and oxygen atoms in total. The molecule has 0 unspecified atom stereocenters. The van der Waals surface area contributed by atoms with Gasteiger partial charge in [-0.2, -0.15) is 0 Å². The van der Waals surface area contributed by atoms with Gasteiger partial charge in [-0.05, 0) is 39.7 Å². The molecule has 2 rings (SSSR count). The van der Waals surface area contributed by atoms with Crippen LogP contribution in [0.4, 0.5) is 0 Å². The van der Waals surface area contributed by atoms with Crippen molar-refractivity contribution >= 4 is 43.5 Å². The van der Waals surface area contributed by atoms with Gasteiger partial charge in [0.25, 0.3) is 0 Å². The molecule has 0 aliphatic carbocycles. The largest absolute Gasteiger partial charge is 0.496 e. The summed E-state index contributed by atoms with van der Waals surface area (Å²) >= 11 is 13.0. The second-order valence-electron chi connectivity index (χ2n) is 3.45. The van der Waals surface area contributed by atoms with E-state index in [1.54, 1.807) is 7.11 Å². The molecule has 0 aliphatic rings. The lowest BCUT2D eigenvalue weighted by atomic mass is 10.1. The molecule has 88 valence electrons. The first-order valence-corrected chi connectivity index (χ1v) is 6.88. The number of methoxy groups -OCH3 is 1. The second kappa shape index (κ2) is 5.42. The van der Waals surface area contributed by atoms with Crippen molar-refractivity contribution in [2.45, 2.75) is 0 Å². The topological polar surface area (TPSA) is 9.23 Å². The van der Waals surface area contributed by atoms with E-state index in [0.29, 0.717) is 5.02 Å². The summed E-state index contributed by atoms with van der Waals surface area (Å²) in [7, 11) is 1.65. The maximum absolute atomic E-state index is 5.94. The predicted octanol–water partition coefficient (Wildman–Crippen LogP) is 5.54. The molecule has 2 aromatic carbocycles. The average molecular weight is 376 g/mol. The van der Waals surface area contributed by atoms with E-state index in [0.717, 1.165) is 25.8 Å². The first-order chi connectivity index (χ1) is 8.13. The molecule has 0 fully saturated rings. The molecule has 17 heavy (non-hydrogen) atoms. The van der Waals surface area contributed by atoms with Gasteiger partial charge in [0, 0.05) is 15.1 Å².